The van der Waals surface area contributed by atoms with Gasteiger partial charge in [0.2, 0.25) is 5.88 Å². The lowest BCUT2D eigenvalue weighted by molar-refractivity contribution is 0.0993. The predicted octanol–water partition coefficient (Wildman–Crippen LogP) is 4.83. The molecule has 1 aromatic heterocycles. The molecule has 7 nitrogen and oxygen atoms in total. The highest BCUT2D eigenvalue weighted by Crippen LogP contribution is 2.23. The van der Waals surface area contributed by atoms with Crippen molar-refractivity contribution in [1.82, 2.24) is 5.16 Å². The number of hydrogen-bond donors (Lipinski definition) is 2. The van der Waals surface area contributed by atoms with E-state index in [0.717, 1.165) is 17.5 Å². The van der Waals surface area contributed by atoms with Gasteiger partial charge in [-0.15, -0.1) is 0 Å². The lowest BCUT2D eigenvalue weighted by atomic mass is 10.1. The van der Waals surface area contributed by atoms with Crippen LogP contribution in [0.25, 0.3) is 11.3 Å². The van der Waals surface area contributed by atoms with Crippen molar-refractivity contribution in [2.45, 2.75) is 20.0 Å². The minimum atomic E-state index is -0.563. The molecule has 0 saturated heterocycles. The number of carbonyl (C=O) groups is 2. The van der Waals surface area contributed by atoms with Gasteiger partial charge in [-0.1, -0.05) is 60.6 Å². The molecule has 166 valence electrons. The van der Waals surface area contributed by atoms with Gasteiger partial charge in [0.25, 0.3) is 11.8 Å². The highest BCUT2D eigenvalue weighted by molar-refractivity contribution is 6.03. The Morgan fingerprint density at radius 1 is 0.970 bits per heavy atom. The van der Waals surface area contributed by atoms with Gasteiger partial charge in [-0.3, -0.25) is 14.9 Å². The van der Waals surface area contributed by atoms with Crippen LogP contribution < -0.4 is 15.8 Å². The molecule has 3 N–H and O–H groups in total. The second-order valence-corrected chi connectivity index (χ2v) is 7.43. The average molecular weight is 441 g/mol. The first kappa shape index (κ1) is 21.8. The number of nitrogens with zero attached hydrogens (tertiary/aromatic N) is 1. The van der Waals surface area contributed by atoms with E-state index in [1.165, 1.54) is 5.56 Å². The van der Waals surface area contributed by atoms with E-state index in [-0.39, 0.29) is 18.4 Å². The fourth-order valence-electron chi connectivity index (χ4n) is 3.32. The van der Waals surface area contributed by atoms with E-state index in [1.807, 2.05) is 30.3 Å². The number of aryl methyl sites for hydroxylation is 1. The third-order valence-corrected chi connectivity index (χ3v) is 5.14. The molecule has 0 aliphatic rings. The van der Waals surface area contributed by atoms with Crippen LogP contribution in [-0.4, -0.2) is 17.0 Å². The highest BCUT2D eigenvalue weighted by Gasteiger charge is 2.13. The Hall–Kier alpha value is -4.39. The third-order valence-electron chi connectivity index (χ3n) is 5.14. The number of rotatable bonds is 8. The number of aromatic nitrogens is 1. The summed E-state index contributed by atoms with van der Waals surface area (Å²) >= 11 is 0. The summed E-state index contributed by atoms with van der Waals surface area (Å²) in [6.07, 6.45) is 0.960. The number of hydrogen-bond acceptors (Lipinski definition) is 5. The largest absolute Gasteiger partial charge is 0.488 e. The standard InChI is InChI=1S/C26H23N3O4/c1-2-17-10-12-19(13-11-17)22-15-24(33-29-22)28-26(31)20-7-5-6-18(14-20)16-32-23-9-4-3-8-21(23)25(27)30/h3-15H,2,16H2,1H3,(H2,27,30)(H,28,31). The summed E-state index contributed by atoms with van der Waals surface area (Å²) in [6, 6.07) is 23.5. The van der Waals surface area contributed by atoms with Crippen LogP contribution in [0.1, 0.15) is 38.8 Å². The van der Waals surface area contributed by atoms with E-state index in [2.05, 4.69) is 17.4 Å². The zero-order valence-corrected chi connectivity index (χ0v) is 18.1. The van der Waals surface area contributed by atoms with Crippen molar-refractivity contribution in [3.63, 3.8) is 0 Å². The zero-order chi connectivity index (χ0) is 23.2. The molecular formula is C26H23N3O4. The van der Waals surface area contributed by atoms with Crippen LogP contribution in [0, 0.1) is 0 Å². The Kier molecular flexibility index (Phi) is 6.50. The summed E-state index contributed by atoms with van der Waals surface area (Å²) in [5.74, 6) is -0.252. The Bertz CT molecular complexity index is 1280. The van der Waals surface area contributed by atoms with Gasteiger partial charge in [0.15, 0.2) is 0 Å². The number of primary amides is 1. The number of amides is 2. The quantitative estimate of drug-likeness (QED) is 0.407. The van der Waals surface area contributed by atoms with Gasteiger partial charge >= 0.3 is 0 Å². The number of benzene rings is 3. The summed E-state index contributed by atoms with van der Waals surface area (Å²) in [5, 5.41) is 6.77. The first-order valence-electron chi connectivity index (χ1n) is 10.5. The zero-order valence-electron chi connectivity index (χ0n) is 18.1. The van der Waals surface area contributed by atoms with Crippen molar-refractivity contribution in [1.29, 1.82) is 0 Å². The molecule has 2 amide bonds. The highest BCUT2D eigenvalue weighted by atomic mass is 16.5. The van der Waals surface area contributed by atoms with Gasteiger partial charge in [0.05, 0.1) is 5.56 Å². The van der Waals surface area contributed by atoms with Gasteiger partial charge in [0, 0.05) is 17.2 Å². The SMILES string of the molecule is CCc1ccc(-c2cc(NC(=O)c3cccc(COc4ccccc4C(N)=O)c3)on2)cc1. The van der Waals surface area contributed by atoms with E-state index in [1.54, 1.807) is 48.5 Å². The molecule has 0 unspecified atom stereocenters. The van der Waals surface area contributed by atoms with Crippen LogP contribution in [0.3, 0.4) is 0 Å². The molecule has 4 aromatic rings. The van der Waals surface area contributed by atoms with E-state index in [4.69, 9.17) is 15.0 Å². The molecule has 0 atom stereocenters. The topological polar surface area (TPSA) is 107 Å². The normalized spacial score (nSPS) is 10.6. The summed E-state index contributed by atoms with van der Waals surface area (Å²) in [4.78, 5) is 24.3. The molecule has 0 aliphatic heterocycles. The molecule has 33 heavy (non-hydrogen) atoms. The number of carbonyl (C=O) groups excluding carboxylic acids is 2. The van der Waals surface area contributed by atoms with Gasteiger partial charge in [-0.05, 0) is 41.8 Å². The van der Waals surface area contributed by atoms with Crippen molar-refractivity contribution in [2.24, 2.45) is 5.73 Å². The molecule has 0 spiro atoms. The number of para-hydroxylation sites is 1. The first-order chi connectivity index (χ1) is 16.0. The van der Waals surface area contributed by atoms with Gasteiger partial charge in [0.1, 0.15) is 18.1 Å². The fourth-order valence-corrected chi connectivity index (χ4v) is 3.32. The van der Waals surface area contributed by atoms with Crippen molar-refractivity contribution >= 4 is 17.7 Å². The lowest BCUT2D eigenvalue weighted by Gasteiger charge is -2.10. The van der Waals surface area contributed by atoms with E-state index < -0.39 is 5.91 Å². The van der Waals surface area contributed by atoms with Crippen molar-refractivity contribution < 1.29 is 18.8 Å². The molecule has 0 fully saturated rings. The van der Waals surface area contributed by atoms with Crippen LogP contribution in [-0.2, 0) is 13.0 Å². The van der Waals surface area contributed by atoms with Crippen molar-refractivity contribution in [2.75, 3.05) is 5.32 Å². The Labute approximate surface area is 191 Å². The van der Waals surface area contributed by atoms with Crippen LogP contribution in [0.4, 0.5) is 5.88 Å². The molecule has 0 saturated carbocycles. The number of nitrogens with two attached hydrogens (primary N) is 1. The lowest BCUT2D eigenvalue weighted by Crippen LogP contribution is -2.13. The minimum Gasteiger partial charge on any atom is -0.488 e. The number of nitrogens with one attached hydrogen (secondary N) is 1. The average Bonchev–Trinajstić information content (AvgIpc) is 3.31. The molecule has 0 bridgehead atoms. The molecule has 0 aliphatic carbocycles. The molecule has 7 heteroatoms. The van der Waals surface area contributed by atoms with Gasteiger partial charge < -0.3 is 15.0 Å². The third kappa shape index (κ3) is 5.27. The minimum absolute atomic E-state index is 0.172. The van der Waals surface area contributed by atoms with Gasteiger partial charge in [-0.2, -0.15) is 0 Å². The van der Waals surface area contributed by atoms with Crippen LogP contribution >= 0.6 is 0 Å². The number of ether oxygens (including phenoxy) is 1. The summed E-state index contributed by atoms with van der Waals surface area (Å²) in [5.41, 5.74) is 9.67. The van der Waals surface area contributed by atoms with Crippen molar-refractivity contribution in [3.8, 4) is 17.0 Å². The van der Waals surface area contributed by atoms with Crippen LogP contribution in [0.2, 0.25) is 0 Å². The molecular weight excluding hydrogens is 418 g/mol. The number of anilines is 1. The predicted molar refractivity (Wildman–Crippen MR) is 125 cm³/mol. The smallest absolute Gasteiger partial charge is 0.258 e. The Morgan fingerprint density at radius 3 is 2.52 bits per heavy atom. The van der Waals surface area contributed by atoms with E-state index >= 15 is 0 Å². The monoisotopic (exact) mass is 441 g/mol. The maximum Gasteiger partial charge on any atom is 0.258 e. The summed E-state index contributed by atoms with van der Waals surface area (Å²) in [6.45, 7) is 2.27. The fraction of sp³-hybridized carbons (Fsp3) is 0.115. The van der Waals surface area contributed by atoms with E-state index in [9.17, 15) is 9.59 Å². The van der Waals surface area contributed by atoms with E-state index in [0.29, 0.717) is 22.6 Å². The van der Waals surface area contributed by atoms with Crippen LogP contribution in [0.15, 0.2) is 83.4 Å². The first-order valence-corrected chi connectivity index (χ1v) is 10.5. The molecule has 1 heterocycles. The molecule has 4 rings (SSSR count). The second kappa shape index (κ2) is 9.82. The second-order valence-electron chi connectivity index (χ2n) is 7.43. The maximum atomic E-state index is 12.7. The van der Waals surface area contributed by atoms with Gasteiger partial charge in [-0.25, -0.2) is 0 Å². The Morgan fingerprint density at radius 2 is 1.76 bits per heavy atom. The summed E-state index contributed by atoms with van der Waals surface area (Å²) in [7, 11) is 0. The Balaban J connectivity index is 1.42. The molecule has 0 radical (unpaired) electrons. The van der Waals surface area contributed by atoms with Crippen molar-refractivity contribution in [3.05, 3.63) is 101 Å². The maximum absolute atomic E-state index is 12.7. The van der Waals surface area contributed by atoms with Crippen LogP contribution in [0.5, 0.6) is 5.75 Å². The summed E-state index contributed by atoms with van der Waals surface area (Å²) < 4.78 is 11.0. The molecule has 3 aromatic carbocycles.